The number of rotatable bonds is 61. The second-order valence-electron chi connectivity index (χ2n) is 27.8. The SMILES string of the molecule is CCCCCCCCCCC/C=C/CC/C=C/C(O)C(COC1OC(CO)C(OC2OC(CO)C(OC3OC(CO)C(O)C(O)C3O)C(O)C2O)C(O)C1O)NC(=O)CCCCCCCCCCCCCCCCCCCCCCCCCCCCCCCCCCCC. The Bertz CT molecular complexity index is 1800. The number of hydrogen-bond acceptors (Lipinski definition) is 18. The van der Waals surface area contributed by atoms with Crippen molar-refractivity contribution in [1.82, 2.24) is 5.32 Å². The third kappa shape index (κ3) is 37.6. The molecule has 0 aromatic carbocycles. The normalized spacial score (nSPS) is 27.4. The molecule has 0 bridgehead atoms. The van der Waals surface area contributed by atoms with Crippen molar-refractivity contribution >= 4 is 5.91 Å². The summed E-state index contributed by atoms with van der Waals surface area (Å²) in [6.07, 6.45) is 40.5. The fourth-order valence-corrected chi connectivity index (χ4v) is 13.3. The molecule has 1 amide bonds. The van der Waals surface area contributed by atoms with E-state index < -0.39 is 124 Å². The average Bonchev–Trinajstić information content (AvgIpc) is 0.787. The highest BCUT2D eigenvalue weighted by Gasteiger charge is 2.53. The maximum atomic E-state index is 13.4. The van der Waals surface area contributed by atoms with Crippen molar-refractivity contribution in [3.63, 3.8) is 0 Å². The van der Waals surface area contributed by atoms with Crippen LogP contribution in [0.1, 0.15) is 316 Å². The van der Waals surface area contributed by atoms with E-state index >= 15 is 0 Å². The van der Waals surface area contributed by atoms with Gasteiger partial charge in [-0.05, 0) is 32.1 Å². The van der Waals surface area contributed by atoms with Crippen molar-refractivity contribution in [1.29, 1.82) is 0 Å². The zero-order chi connectivity index (χ0) is 68.2. The van der Waals surface area contributed by atoms with E-state index in [9.17, 15) is 61.0 Å². The van der Waals surface area contributed by atoms with Gasteiger partial charge in [0.1, 0.15) is 73.2 Å². The molecule has 12 N–H and O–H groups in total. The number of amides is 1. The maximum Gasteiger partial charge on any atom is 0.220 e. The van der Waals surface area contributed by atoms with Gasteiger partial charge >= 0.3 is 0 Å². The number of allylic oxidation sites excluding steroid dienone is 3. The topological polar surface area (TPSA) is 307 Å². The number of hydrogen-bond donors (Lipinski definition) is 12. The first kappa shape index (κ1) is 86.5. The van der Waals surface area contributed by atoms with Gasteiger partial charge in [-0.2, -0.15) is 0 Å². The highest BCUT2D eigenvalue weighted by molar-refractivity contribution is 5.76. The molecule has 3 rings (SSSR count). The van der Waals surface area contributed by atoms with Gasteiger partial charge in [0, 0.05) is 6.42 Å². The molecule has 19 heteroatoms. The molecular formula is C75H141NO18. The zero-order valence-corrected chi connectivity index (χ0v) is 59.0. The molecule has 19 nitrogen and oxygen atoms in total. The van der Waals surface area contributed by atoms with Crippen LogP contribution < -0.4 is 5.32 Å². The minimum absolute atomic E-state index is 0.241. The van der Waals surface area contributed by atoms with Crippen LogP contribution in [0.3, 0.4) is 0 Å². The van der Waals surface area contributed by atoms with E-state index in [2.05, 4.69) is 31.3 Å². The van der Waals surface area contributed by atoms with Crippen molar-refractivity contribution < 1.29 is 89.4 Å². The Morgan fingerprint density at radius 1 is 0.372 bits per heavy atom. The molecule has 3 heterocycles. The van der Waals surface area contributed by atoms with Crippen LogP contribution in [-0.2, 0) is 33.2 Å². The van der Waals surface area contributed by atoms with Crippen LogP contribution in [0.5, 0.6) is 0 Å². The Kier molecular flexibility index (Phi) is 52.4. The lowest BCUT2D eigenvalue weighted by atomic mass is 9.96. The standard InChI is InChI=1S/C75H141NO18/c1-3-5-7-9-11-13-15-17-19-20-21-22-23-24-25-26-27-28-29-30-31-32-33-34-35-36-37-39-41-43-45-47-49-51-53-63(81)76-58(59(80)52-50-48-46-44-42-40-38-18-16-14-12-10-8-6-4-2)57-89-73-69(87)66(84)71(61(55-78)91-73)94-75-70(88)67(85)72(62(56-79)92-75)93-74-68(86)65(83)64(82)60(54-77)90-74/h42,44,50,52,58-62,64-75,77-80,82-88H,3-41,43,45-49,51,53-57H2,1-2H3,(H,76,81)/b44-42+,52-50+. The van der Waals surface area contributed by atoms with E-state index in [0.717, 1.165) is 38.5 Å². The summed E-state index contributed by atoms with van der Waals surface area (Å²) >= 11 is 0. The Morgan fingerprint density at radius 2 is 0.681 bits per heavy atom. The van der Waals surface area contributed by atoms with Gasteiger partial charge < -0.3 is 89.9 Å². The number of ether oxygens (including phenoxy) is 6. The molecule has 0 aliphatic carbocycles. The first-order valence-electron chi connectivity index (χ1n) is 38.6. The van der Waals surface area contributed by atoms with Gasteiger partial charge in [0.15, 0.2) is 18.9 Å². The van der Waals surface area contributed by atoms with Crippen molar-refractivity contribution in [2.45, 2.75) is 420 Å². The van der Waals surface area contributed by atoms with E-state index in [-0.39, 0.29) is 18.9 Å². The lowest BCUT2D eigenvalue weighted by Gasteiger charge is -2.48. The fraction of sp³-hybridized carbons (Fsp3) is 0.933. The van der Waals surface area contributed by atoms with Gasteiger partial charge in [-0.15, -0.1) is 0 Å². The largest absolute Gasteiger partial charge is 0.394 e. The molecule has 0 radical (unpaired) electrons. The minimum Gasteiger partial charge on any atom is -0.394 e. The molecule has 3 aliphatic heterocycles. The van der Waals surface area contributed by atoms with E-state index in [1.165, 1.54) is 244 Å². The van der Waals surface area contributed by atoms with Gasteiger partial charge in [0.2, 0.25) is 5.91 Å². The molecule has 17 atom stereocenters. The van der Waals surface area contributed by atoms with Crippen molar-refractivity contribution in [3.05, 3.63) is 24.3 Å². The van der Waals surface area contributed by atoms with Crippen LogP contribution >= 0.6 is 0 Å². The van der Waals surface area contributed by atoms with Gasteiger partial charge in [-0.25, -0.2) is 0 Å². The summed E-state index contributed by atoms with van der Waals surface area (Å²) in [5, 5.41) is 121. The average molecular weight is 1340 g/mol. The zero-order valence-electron chi connectivity index (χ0n) is 59.0. The summed E-state index contributed by atoms with van der Waals surface area (Å²) in [6, 6.07) is -0.987. The fourth-order valence-electron chi connectivity index (χ4n) is 13.3. The summed E-state index contributed by atoms with van der Waals surface area (Å²) in [5.74, 6) is -0.279. The Hall–Kier alpha value is -1.73. The molecule has 3 fully saturated rings. The van der Waals surface area contributed by atoms with Crippen LogP contribution in [0.4, 0.5) is 0 Å². The van der Waals surface area contributed by atoms with E-state index in [4.69, 9.17) is 28.4 Å². The van der Waals surface area contributed by atoms with Gasteiger partial charge in [0.05, 0.1) is 38.6 Å². The third-order valence-electron chi connectivity index (χ3n) is 19.5. The summed E-state index contributed by atoms with van der Waals surface area (Å²) in [5.41, 5.74) is 0. The smallest absolute Gasteiger partial charge is 0.220 e. The van der Waals surface area contributed by atoms with Gasteiger partial charge in [-0.1, -0.05) is 301 Å². The lowest BCUT2D eigenvalue weighted by Crippen LogP contribution is -2.66. The first-order valence-corrected chi connectivity index (χ1v) is 38.6. The number of carbonyl (C=O) groups excluding carboxylic acids is 1. The van der Waals surface area contributed by atoms with E-state index in [0.29, 0.717) is 12.8 Å². The Balaban J connectivity index is 1.33. The number of carbonyl (C=O) groups is 1. The highest BCUT2D eigenvalue weighted by atomic mass is 16.8. The molecule has 3 saturated heterocycles. The summed E-state index contributed by atoms with van der Waals surface area (Å²) in [6.45, 7) is 1.75. The molecule has 94 heavy (non-hydrogen) atoms. The highest BCUT2D eigenvalue weighted by Crippen LogP contribution is 2.33. The lowest BCUT2D eigenvalue weighted by molar-refractivity contribution is -0.379. The molecule has 0 aromatic rings. The molecular weight excluding hydrogens is 1200 g/mol. The molecule has 554 valence electrons. The number of aliphatic hydroxyl groups excluding tert-OH is 11. The van der Waals surface area contributed by atoms with Crippen molar-refractivity contribution in [2.24, 2.45) is 0 Å². The molecule has 0 aromatic heterocycles. The van der Waals surface area contributed by atoms with Crippen LogP contribution in [0.2, 0.25) is 0 Å². The van der Waals surface area contributed by atoms with E-state index in [1.54, 1.807) is 6.08 Å². The predicted octanol–water partition coefficient (Wildman–Crippen LogP) is 11.8. The number of aliphatic hydroxyl groups is 11. The predicted molar refractivity (Wildman–Crippen MR) is 370 cm³/mol. The first-order chi connectivity index (χ1) is 45.8. The maximum absolute atomic E-state index is 13.4. The Labute approximate surface area is 568 Å². The van der Waals surface area contributed by atoms with Crippen molar-refractivity contribution in [2.75, 3.05) is 26.4 Å². The second-order valence-corrected chi connectivity index (χ2v) is 27.8. The molecule has 17 unspecified atom stereocenters. The summed E-state index contributed by atoms with van der Waals surface area (Å²) < 4.78 is 34.4. The van der Waals surface area contributed by atoms with E-state index in [1.807, 2.05) is 6.08 Å². The monoisotopic (exact) mass is 1340 g/mol. The third-order valence-corrected chi connectivity index (χ3v) is 19.5. The van der Waals surface area contributed by atoms with Crippen LogP contribution in [-0.4, -0.2) is 193 Å². The van der Waals surface area contributed by atoms with Crippen molar-refractivity contribution in [3.8, 4) is 0 Å². The minimum atomic E-state index is -1.98. The van der Waals surface area contributed by atoms with Crippen LogP contribution in [0, 0.1) is 0 Å². The molecule has 3 aliphatic rings. The number of unbranched alkanes of at least 4 members (excludes halogenated alkanes) is 43. The van der Waals surface area contributed by atoms with Gasteiger partial charge in [0.25, 0.3) is 0 Å². The summed E-state index contributed by atoms with van der Waals surface area (Å²) in [7, 11) is 0. The molecule has 0 saturated carbocycles. The summed E-state index contributed by atoms with van der Waals surface area (Å²) in [4.78, 5) is 13.4. The van der Waals surface area contributed by atoms with Crippen LogP contribution in [0.25, 0.3) is 0 Å². The second kappa shape index (κ2) is 57.0. The Morgan fingerprint density at radius 3 is 1.06 bits per heavy atom. The number of nitrogens with one attached hydrogen (secondary N) is 1. The van der Waals surface area contributed by atoms with Crippen LogP contribution in [0.15, 0.2) is 24.3 Å². The quantitative estimate of drug-likeness (QED) is 0.0199. The molecule has 0 spiro atoms. The van der Waals surface area contributed by atoms with Gasteiger partial charge in [-0.3, -0.25) is 4.79 Å².